The summed E-state index contributed by atoms with van der Waals surface area (Å²) in [5.41, 5.74) is 0. The Hall–Kier alpha value is -0.290. The number of halogens is 3. The van der Waals surface area contributed by atoms with Crippen molar-refractivity contribution in [3.8, 4) is 0 Å². The summed E-state index contributed by atoms with van der Waals surface area (Å²) in [7, 11) is 1.55. The van der Waals surface area contributed by atoms with Gasteiger partial charge in [0.2, 0.25) is 0 Å². The second-order valence-electron chi connectivity index (χ2n) is 4.36. The first-order valence-corrected chi connectivity index (χ1v) is 5.43. The summed E-state index contributed by atoms with van der Waals surface area (Å²) in [4.78, 5) is 1.38. The average molecular weight is 224 g/mol. The van der Waals surface area contributed by atoms with Crippen LogP contribution < -0.4 is 5.32 Å². The van der Waals surface area contributed by atoms with Crippen LogP contribution in [0.4, 0.5) is 13.2 Å². The van der Waals surface area contributed by atoms with Gasteiger partial charge in [-0.2, -0.15) is 13.2 Å². The van der Waals surface area contributed by atoms with Gasteiger partial charge in [0.1, 0.15) is 0 Å². The van der Waals surface area contributed by atoms with Crippen LogP contribution in [0.15, 0.2) is 0 Å². The highest BCUT2D eigenvalue weighted by Crippen LogP contribution is 2.19. The van der Waals surface area contributed by atoms with E-state index in [2.05, 4.69) is 5.32 Å². The van der Waals surface area contributed by atoms with Gasteiger partial charge in [0.15, 0.2) is 0 Å². The first-order valence-electron chi connectivity index (χ1n) is 5.43. The molecule has 1 saturated heterocycles. The Morgan fingerprint density at radius 2 is 2.00 bits per heavy atom. The fourth-order valence-electron chi connectivity index (χ4n) is 2.09. The highest BCUT2D eigenvalue weighted by Gasteiger charge is 2.29. The molecule has 5 heteroatoms. The predicted molar refractivity (Wildman–Crippen MR) is 53.8 cm³/mol. The van der Waals surface area contributed by atoms with E-state index in [1.165, 1.54) is 4.90 Å². The maximum Gasteiger partial charge on any atom is 0.401 e. The molecule has 0 aliphatic carbocycles. The summed E-state index contributed by atoms with van der Waals surface area (Å²) in [6, 6.07) is 0. The number of rotatable bonds is 3. The third-order valence-electron chi connectivity index (χ3n) is 2.71. The second-order valence-corrected chi connectivity index (χ2v) is 4.36. The van der Waals surface area contributed by atoms with Crippen LogP contribution >= 0.6 is 0 Å². The van der Waals surface area contributed by atoms with Gasteiger partial charge in [0.05, 0.1) is 6.54 Å². The number of nitrogens with one attached hydrogen (secondary N) is 1. The molecule has 15 heavy (non-hydrogen) atoms. The third-order valence-corrected chi connectivity index (χ3v) is 2.71. The maximum absolute atomic E-state index is 12.1. The minimum absolute atomic E-state index is 0.410. The average Bonchev–Trinajstić information content (AvgIpc) is 2.28. The molecule has 1 rings (SSSR count). The summed E-state index contributed by atoms with van der Waals surface area (Å²) in [5, 5.41) is 3.26. The van der Waals surface area contributed by atoms with Crippen LogP contribution in [0.25, 0.3) is 0 Å². The quantitative estimate of drug-likeness (QED) is 0.787. The van der Waals surface area contributed by atoms with Gasteiger partial charge < -0.3 is 5.32 Å². The minimum Gasteiger partial charge on any atom is -0.317 e. The standard InChI is InChI=1S/C10H19F3N2/c1-15(8-10(11,12)13)7-9-3-2-5-14-6-4-9/h9,14H,2-8H2,1H3. The lowest BCUT2D eigenvalue weighted by molar-refractivity contribution is -0.144. The fraction of sp³-hybridized carbons (Fsp3) is 1.00. The molecule has 0 aromatic carbocycles. The topological polar surface area (TPSA) is 15.3 Å². The van der Waals surface area contributed by atoms with Gasteiger partial charge in [-0.05, 0) is 45.3 Å². The maximum atomic E-state index is 12.1. The van der Waals surface area contributed by atoms with E-state index in [1.54, 1.807) is 7.05 Å². The normalized spacial score (nSPS) is 24.2. The number of hydrogen-bond donors (Lipinski definition) is 1. The zero-order valence-corrected chi connectivity index (χ0v) is 9.11. The first kappa shape index (κ1) is 12.8. The Bertz CT molecular complexity index is 174. The Morgan fingerprint density at radius 3 is 2.67 bits per heavy atom. The molecule has 1 aliphatic rings. The molecule has 0 amide bonds. The Labute approximate surface area is 88.8 Å². The molecule has 0 aromatic rings. The summed E-state index contributed by atoms with van der Waals surface area (Å²) in [6.07, 6.45) is -0.973. The zero-order valence-electron chi connectivity index (χ0n) is 9.11. The summed E-state index contributed by atoms with van der Waals surface area (Å²) < 4.78 is 36.3. The molecule has 1 heterocycles. The third kappa shape index (κ3) is 5.99. The van der Waals surface area contributed by atoms with Crippen molar-refractivity contribution in [1.29, 1.82) is 0 Å². The van der Waals surface area contributed by atoms with Crippen molar-refractivity contribution in [2.45, 2.75) is 25.4 Å². The van der Waals surface area contributed by atoms with Crippen molar-refractivity contribution in [3.05, 3.63) is 0 Å². The van der Waals surface area contributed by atoms with E-state index in [0.29, 0.717) is 12.5 Å². The van der Waals surface area contributed by atoms with Gasteiger partial charge >= 0.3 is 6.18 Å². The van der Waals surface area contributed by atoms with Crippen molar-refractivity contribution in [3.63, 3.8) is 0 Å². The molecular formula is C10H19F3N2. The molecule has 90 valence electrons. The lowest BCUT2D eigenvalue weighted by atomic mass is 10.0. The largest absolute Gasteiger partial charge is 0.401 e. The van der Waals surface area contributed by atoms with Crippen LogP contribution in [-0.2, 0) is 0 Å². The van der Waals surface area contributed by atoms with E-state index >= 15 is 0 Å². The highest BCUT2D eigenvalue weighted by atomic mass is 19.4. The molecule has 1 unspecified atom stereocenters. The van der Waals surface area contributed by atoms with E-state index in [-0.39, 0.29) is 0 Å². The molecule has 0 radical (unpaired) electrons. The van der Waals surface area contributed by atoms with E-state index in [9.17, 15) is 13.2 Å². The summed E-state index contributed by atoms with van der Waals surface area (Å²) >= 11 is 0. The van der Waals surface area contributed by atoms with Crippen LogP contribution in [0, 0.1) is 5.92 Å². The van der Waals surface area contributed by atoms with Crippen molar-refractivity contribution < 1.29 is 13.2 Å². The molecule has 0 saturated carbocycles. The molecule has 0 aromatic heterocycles. The minimum atomic E-state index is -4.07. The van der Waals surface area contributed by atoms with E-state index in [0.717, 1.165) is 32.4 Å². The number of hydrogen-bond acceptors (Lipinski definition) is 2. The van der Waals surface area contributed by atoms with Gasteiger partial charge in [-0.25, -0.2) is 0 Å². The molecule has 1 N–H and O–H groups in total. The molecule has 1 fully saturated rings. The highest BCUT2D eigenvalue weighted by molar-refractivity contribution is 4.70. The number of alkyl halides is 3. The molecule has 0 bridgehead atoms. The summed E-state index contributed by atoms with van der Waals surface area (Å²) in [6.45, 7) is 1.70. The molecule has 2 nitrogen and oxygen atoms in total. The van der Waals surface area contributed by atoms with Gasteiger partial charge in [-0.15, -0.1) is 0 Å². The van der Waals surface area contributed by atoms with E-state index in [4.69, 9.17) is 0 Å². The predicted octanol–water partition coefficient (Wildman–Crippen LogP) is 1.87. The molecular weight excluding hydrogens is 205 g/mol. The Morgan fingerprint density at radius 1 is 1.27 bits per heavy atom. The van der Waals surface area contributed by atoms with Crippen LogP contribution in [-0.4, -0.2) is 44.3 Å². The van der Waals surface area contributed by atoms with Crippen LogP contribution in [0.3, 0.4) is 0 Å². The van der Waals surface area contributed by atoms with Crippen molar-refractivity contribution in [2.75, 3.05) is 33.2 Å². The van der Waals surface area contributed by atoms with Crippen LogP contribution in [0.2, 0.25) is 0 Å². The lowest BCUT2D eigenvalue weighted by Crippen LogP contribution is -2.34. The van der Waals surface area contributed by atoms with Crippen molar-refractivity contribution in [1.82, 2.24) is 10.2 Å². The Kier molecular flexibility index (Phi) is 4.86. The Balaban J connectivity index is 2.26. The van der Waals surface area contributed by atoms with Crippen molar-refractivity contribution >= 4 is 0 Å². The second kappa shape index (κ2) is 5.70. The fourth-order valence-corrected chi connectivity index (χ4v) is 2.09. The molecule has 1 atom stereocenters. The van der Waals surface area contributed by atoms with Crippen LogP contribution in [0.5, 0.6) is 0 Å². The van der Waals surface area contributed by atoms with Gasteiger partial charge in [-0.1, -0.05) is 0 Å². The SMILES string of the molecule is CN(CC1CCCNCC1)CC(F)(F)F. The number of nitrogens with zero attached hydrogens (tertiary/aromatic N) is 1. The van der Waals surface area contributed by atoms with Gasteiger partial charge in [-0.3, -0.25) is 4.90 Å². The first-order chi connectivity index (χ1) is 6.97. The zero-order chi connectivity index (χ0) is 11.3. The lowest BCUT2D eigenvalue weighted by Gasteiger charge is -2.23. The summed E-state index contributed by atoms with van der Waals surface area (Å²) in [5.74, 6) is 0.410. The van der Waals surface area contributed by atoms with Crippen LogP contribution in [0.1, 0.15) is 19.3 Å². The molecule has 1 aliphatic heterocycles. The van der Waals surface area contributed by atoms with Crippen molar-refractivity contribution in [2.24, 2.45) is 5.92 Å². The van der Waals surface area contributed by atoms with E-state index in [1.807, 2.05) is 0 Å². The van der Waals surface area contributed by atoms with Gasteiger partial charge in [0, 0.05) is 6.54 Å². The van der Waals surface area contributed by atoms with E-state index < -0.39 is 12.7 Å². The van der Waals surface area contributed by atoms with Gasteiger partial charge in [0.25, 0.3) is 0 Å². The monoisotopic (exact) mass is 224 g/mol. The smallest absolute Gasteiger partial charge is 0.317 e. The molecule has 0 spiro atoms.